The van der Waals surface area contributed by atoms with Crippen molar-refractivity contribution in [3.63, 3.8) is 0 Å². The Labute approximate surface area is 198 Å². The number of methoxy groups -OCH3 is 1. The van der Waals surface area contributed by atoms with E-state index in [1.165, 1.54) is 61.7 Å². The topological polar surface area (TPSA) is 84.9 Å². The summed E-state index contributed by atoms with van der Waals surface area (Å²) in [5, 5.41) is 2.71. The molecule has 0 unspecified atom stereocenters. The fourth-order valence-corrected chi connectivity index (χ4v) is 4.49. The van der Waals surface area contributed by atoms with Crippen LogP contribution in [-0.4, -0.2) is 34.3 Å². The summed E-state index contributed by atoms with van der Waals surface area (Å²) in [7, 11) is -2.76. The Morgan fingerprint density at radius 3 is 2.18 bits per heavy atom. The lowest BCUT2D eigenvalue weighted by atomic mass is 10.3. The van der Waals surface area contributed by atoms with E-state index in [1.54, 1.807) is 6.07 Å². The SMILES string of the molecule is COc1ccc(S(=O)(=O)N(CC(=O)Nc2ccc(OC(F)(F)F)cc2)c2cccc(Cl)c2)cc1. The van der Waals surface area contributed by atoms with Gasteiger partial charge in [-0.25, -0.2) is 8.42 Å². The van der Waals surface area contributed by atoms with Crippen molar-refractivity contribution < 1.29 is 35.9 Å². The highest BCUT2D eigenvalue weighted by Gasteiger charge is 2.31. The van der Waals surface area contributed by atoms with Crippen LogP contribution >= 0.6 is 11.6 Å². The number of alkyl halides is 3. The number of rotatable bonds is 8. The number of halogens is 4. The average Bonchev–Trinajstić information content (AvgIpc) is 2.78. The zero-order valence-electron chi connectivity index (χ0n) is 17.5. The van der Waals surface area contributed by atoms with Gasteiger partial charge in [-0.15, -0.1) is 13.2 Å². The maximum atomic E-state index is 13.3. The van der Waals surface area contributed by atoms with Gasteiger partial charge in [0.2, 0.25) is 5.91 Å². The Kier molecular flexibility index (Phi) is 7.57. The van der Waals surface area contributed by atoms with Gasteiger partial charge in [0, 0.05) is 10.7 Å². The second-order valence-electron chi connectivity index (χ2n) is 6.79. The highest BCUT2D eigenvalue weighted by Crippen LogP contribution is 2.28. The predicted octanol–water partition coefficient (Wildman–Crippen LogP) is 5.08. The molecule has 0 radical (unpaired) electrons. The number of hydrogen-bond acceptors (Lipinski definition) is 5. The zero-order chi connectivity index (χ0) is 24.9. The van der Waals surface area contributed by atoms with Crippen LogP contribution in [0, 0.1) is 0 Å². The van der Waals surface area contributed by atoms with Crippen LogP contribution in [0.25, 0.3) is 0 Å². The van der Waals surface area contributed by atoms with E-state index in [9.17, 15) is 26.4 Å². The minimum absolute atomic E-state index is 0.0882. The number of nitrogens with zero attached hydrogens (tertiary/aromatic N) is 1. The molecule has 0 aliphatic rings. The largest absolute Gasteiger partial charge is 0.573 e. The number of anilines is 2. The van der Waals surface area contributed by atoms with Gasteiger partial charge in [-0.05, 0) is 66.7 Å². The predicted molar refractivity (Wildman–Crippen MR) is 121 cm³/mol. The molecule has 0 aromatic heterocycles. The van der Waals surface area contributed by atoms with Crippen molar-refractivity contribution in [1.29, 1.82) is 0 Å². The molecule has 0 aliphatic heterocycles. The quantitative estimate of drug-likeness (QED) is 0.453. The monoisotopic (exact) mass is 514 g/mol. The Bertz CT molecular complexity index is 1250. The van der Waals surface area contributed by atoms with Gasteiger partial charge in [-0.2, -0.15) is 0 Å². The molecule has 12 heteroatoms. The van der Waals surface area contributed by atoms with Gasteiger partial charge in [0.15, 0.2) is 0 Å². The summed E-state index contributed by atoms with van der Waals surface area (Å²) in [6, 6.07) is 16.0. The molecule has 180 valence electrons. The van der Waals surface area contributed by atoms with Gasteiger partial charge in [0.25, 0.3) is 10.0 Å². The molecule has 1 amide bonds. The van der Waals surface area contributed by atoms with Crippen molar-refractivity contribution in [3.05, 3.63) is 77.8 Å². The summed E-state index contributed by atoms with van der Waals surface area (Å²) in [5.74, 6) is -0.751. The highest BCUT2D eigenvalue weighted by molar-refractivity contribution is 7.92. The van der Waals surface area contributed by atoms with Crippen LogP contribution in [0.15, 0.2) is 77.7 Å². The molecule has 0 saturated heterocycles. The van der Waals surface area contributed by atoms with Crippen molar-refractivity contribution in [1.82, 2.24) is 0 Å². The summed E-state index contributed by atoms with van der Waals surface area (Å²) in [4.78, 5) is 12.6. The number of nitrogens with one attached hydrogen (secondary N) is 1. The molecule has 0 fully saturated rings. The Morgan fingerprint density at radius 2 is 1.62 bits per heavy atom. The molecule has 3 aromatic carbocycles. The van der Waals surface area contributed by atoms with Crippen molar-refractivity contribution in [2.24, 2.45) is 0 Å². The summed E-state index contributed by atoms with van der Waals surface area (Å²) in [6.45, 7) is -0.629. The normalized spacial score (nSPS) is 11.6. The molecular formula is C22H18ClF3N2O5S. The number of amides is 1. The number of ether oxygens (including phenoxy) is 2. The number of carbonyl (C=O) groups excluding carboxylic acids is 1. The maximum absolute atomic E-state index is 13.3. The van der Waals surface area contributed by atoms with E-state index >= 15 is 0 Å². The zero-order valence-corrected chi connectivity index (χ0v) is 19.1. The highest BCUT2D eigenvalue weighted by atomic mass is 35.5. The van der Waals surface area contributed by atoms with Crippen LogP contribution in [-0.2, 0) is 14.8 Å². The molecule has 3 rings (SSSR count). The van der Waals surface area contributed by atoms with Gasteiger partial charge in [0.05, 0.1) is 17.7 Å². The lowest BCUT2D eigenvalue weighted by Gasteiger charge is -2.24. The third-order valence-electron chi connectivity index (χ3n) is 4.40. The van der Waals surface area contributed by atoms with Crippen molar-refractivity contribution >= 4 is 38.9 Å². The molecule has 34 heavy (non-hydrogen) atoms. The smallest absolute Gasteiger partial charge is 0.497 e. The van der Waals surface area contributed by atoms with Gasteiger partial charge in [0.1, 0.15) is 18.0 Å². The summed E-state index contributed by atoms with van der Waals surface area (Å²) in [6.07, 6.45) is -4.85. The molecule has 0 heterocycles. The van der Waals surface area contributed by atoms with E-state index in [4.69, 9.17) is 16.3 Å². The van der Waals surface area contributed by atoms with Crippen LogP contribution in [0.2, 0.25) is 5.02 Å². The Balaban J connectivity index is 1.85. The third kappa shape index (κ3) is 6.55. The average molecular weight is 515 g/mol. The molecule has 0 saturated carbocycles. The Morgan fingerprint density at radius 1 is 1.00 bits per heavy atom. The summed E-state index contributed by atoms with van der Waals surface area (Å²) >= 11 is 6.02. The molecular weight excluding hydrogens is 497 g/mol. The molecule has 0 spiro atoms. The standard InChI is InChI=1S/C22H18ClF3N2O5S/c1-32-18-9-11-20(12-10-18)34(30,31)28(17-4-2-3-15(23)13-17)14-21(29)27-16-5-7-19(8-6-16)33-22(24,25)26/h2-13H,14H2,1H3,(H,27,29). The van der Waals surface area contributed by atoms with Crippen LogP contribution in [0.3, 0.4) is 0 Å². The van der Waals surface area contributed by atoms with Crippen LogP contribution in [0.4, 0.5) is 24.5 Å². The number of sulfonamides is 1. The van der Waals surface area contributed by atoms with Crippen LogP contribution in [0.1, 0.15) is 0 Å². The second kappa shape index (κ2) is 10.2. The summed E-state index contributed by atoms with van der Waals surface area (Å²) < 4.78 is 73.3. The Hall–Kier alpha value is -3.44. The lowest BCUT2D eigenvalue weighted by Crippen LogP contribution is -2.38. The maximum Gasteiger partial charge on any atom is 0.573 e. The second-order valence-corrected chi connectivity index (χ2v) is 9.09. The van der Waals surface area contributed by atoms with E-state index in [0.717, 1.165) is 16.4 Å². The summed E-state index contributed by atoms with van der Waals surface area (Å²) in [5.41, 5.74) is 0.291. The first kappa shape index (κ1) is 25.2. The first-order valence-corrected chi connectivity index (χ1v) is 11.4. The fourth-order valence-electron chi connectivity index (χ4n) is 2.89. The number of carbonyl (C=O) groups is 1. The van der Waals surface area contributed by atoms with E-state index in [0.29, 0.717) is 5.75 Å². The third-order valence-corrected chi connectivity index (χ3v) is 6.43. The van der Waals surface area contributed by atoms with Crippen molar-refractivity contribution in [3.8, 4) is 11.5 Å². The van der Waals surface area contributed by atoms with E-state index in [-0.39, 0.29) is 21.3 Å². The van der Waals surface area contributed by atoms with E-state index < -0.39 is 34.6 Å². The lowest BCUT2D eigenvalue weighted by molar-refractivity contribution is -0.274. The van der Waals surface area contributed by atoms with Crippen LogP contribution in [0.5, 0.6) is 11.5 Å². The molecule has 7 nitrogen and oxygen atoms in total. The minimum atomic E-state index is -4.85. The number of hydrogen-bond donors (Lipinski definition) is 1. The van der Waals surface area contributed by atoms with Crippen molar-refractivity contribution in [2.75, 3.05) is 23.3 Å². The van der Waals surface area contributed by atoms with Crippen molar-refractivity contribution in [2.45, 2.75) is 11.3 Å². The van der Waals surface area contributed by atoms with E-state index in [1.807, 2.05) is 0 Å². The van der Waals surface area contributed by atoms with Gasteiger partial charge >= 0.3 is 6.36 Å². The minimum Gasteiger partial charge on any atom is -0.497 e. The number of benzene rings is 3. The first-order valence-electron chi connectivity index (χ1n) is 9.56. The van der Waals surface area contributed by atoms with E-state index in [2.05, 4.69) is 10.1 Å². The van der Waals surface area contributed by atoms with Gasteiger partial charge in [-0.3, -0.25) is 9.10 Å². The molecule has 0 bridgehead atoms. The van der Waals surface area contributed by atoms with Crippen LogP contribution < -0.4 is 19.1 Å². The molecule has 0 atom stereocenters. The fraction of sp³-hybridized carbons (Fsp3) is 0.136. The van der Waals surface area contributed by atoms with Gasteiger partial charge in [-0.1, -0.05) is 17.7 Å². The first-order chi connectivity index (χ1) is 16.0. The molecule has 3 aromatic rings. The molecule has 0 aliphatic carbocycles. The van der Waals surface area contributed by atoms with Gasteiger partial charge < -0.3 is 14.8 Å². The molecule has 1 N–H and O–H groups in total.